The molecule has 0 radical (unpaired) electrons. The van der Waals surface area contributed by atoms with Crippen LogP contribution in [0.25, 0.3) is 11.1 Å². The maximum atomic E-state index is 3.70. The van der Waals surface area contributed by atoms with Gasteiger partial charge in [-0.25, -0.2) is 12.2 Å². The van der Waals surface area contributed by atoms with Crippen LogP contribution in [-0.4, -0.2) is 3.21 Å². The summed E-state index contributed by atoms with van der Waals surface area (Å²) in [4.78, 5) is 0. The molecule has 1 atom stereocenters. The molecule has 4 rings (SSSR count). The van der Waals surface area contributed by atoms with Gasteiger partial charge in [-0.15, -0.1) is 17.5 Å². The Morgan fingerprint density at radius 3 is 2.05 bits per heavy atom. The Bertz CT molecular complexity index is 1010. The molecular weight excluding hydrogens is 583 g/mol. The van der Waals surface area contributed by atoms with Crippen LogP contribution in [-0.2, 0) is 37.1 Å². The predicted molar refractivity (Wildman–Crippen MR) is 156 cm³/mol. The van der Waals surface area contributed by atoms with Gasteiger partial charge in [0.05, 0.1) is 0 Å². The van der Waals surface area contributed by atoms with Crippen LogP contribution in [0.4, 0.5) is 0 Å². The number of rotatable bonds is 9. The van der Waals surface area contributed by atoms with E-state index in [0.29, 0.717) is 5.92 Å². The standard InChI is InChI=1S/C21H25.C9H18.C5H5.2ClH.Zr/c1-13(2)14(3)8-17-6-7-20-19(11-17)12-18-9-15(4)16(5)10-21(18)20;1-3-5-7-9-8-6-4-2;1-2-4-5-3-1;;;/h6-7,9-10,13-14H,8,12H2,1-5H3;3-8H2,1-2H3;1-3H,4H2;2*1H;/q-1;;-1;;;+2/p-2. The van der Waals surface area contributed by atoms with Crippen LogP contribution >= 0.6 is 0 Å². The zero-order valence-electron chi connectivity index (χ0n) is 24.8. The number of hydrogen-bond donors (Lipinski definition) is 0. The van der Waals surface area contributed by atoms with Gasteiger partial charge in [0.25, 0.3) is 0 Å². The van der Waals surface area contributed by atoms with E-state index in [2.05, 4.69) is 91.0 Å². The molecule has 0 amide bonds. The summed E-state index contributed by atoms with van der Waals surface area (Å²) in [5.41, 5.74) is 9.84. The van der Waals surface area contributed by atoms with E-state index in [-0.39, 0.29) is 24.8 Å². The summed E-state index contributed by atoms with van der Waals surface area (Å²) in [6.07, 6.45) is 20.5. The molecule has 0 aliphatic heterocycles. The number of allylic oxidation sites excluding steroid dienone is 4. The Balaban J connectivity index is 0.000000676. The minimum atomic E-state index is 0. The maximum Gasteiger partial charge on any atom is -0.0253 e. The molecular formula is C35H48Cl2Zr-2. The SMILES string of the molecule is CCCC[C](=[Zr+2])CCCC.Cc1cc2c(cc1C)-c1ccc(CC(C)C(C)C)[c-]c1C2.[C-]1=CC=CC1.[Cl-].[Cl-]. The fourth-order valence-corrected chi connectivity index (χ4v) is 5.26. The molecule has 1 unspecified atom stereocenters. The molecule has 2 aliphatic carbocycles. The Hall–Kier alpha value is -0.747. The Morgan fingerprint density at radius 2 is 1.55 bits per heavy atom. The monoisotopic (exact) mass is 628 g/mol. The molecule has 0 heterocycles. The van der Waals surface area contributed by atoms with E-state index >= 15 is 0 Å². The summed E-state index contributed by atoms with van der Waals surface area (Å²) in [5.74, 6) is 1.45. The van der Waals surface area contributed by atoms with Crippen LogP contribution in [0, 0.1) is 37.8 Å². The van der Waals surface area contributed by atoms with Crippen LogP contribution < -0.4 is 24.8 Å². The molecule has 2 aromatic rings. The van der Waals surface area contributed by atoms with Crippen molar-refractivity contribution < 1.29 is 49.0 Å². The summed E-state index contributed by atoms with van der Waals surface area (Å²) in [5, 5.41) is 0. The van der Waals surface area contributed by atoms with Gasteiger partial charge in [-0.2, -0.15) is 29.8 Å². The van der Waals surface area contributed by atoms with Crippen LogP contribution in [0.15, 0.2) is 42.5 Å². The molecule has 0 aromatic heterocycles. The van der Waals surface area contributed by atoms with Crippen molar-refractivity contribution in [2.45, 2.75) is 106 Å². The molecule has 0 N–H and O–H groups in total. The van der Waals surface area contributed by atoms with Crippen molar-refractivity contribution in [2.24, 2.45) is 11.8 Å². The number of halogens is 2. The van der Waals surface area contributed by atoms with Crippen molar-refractivity contribution >= 4 is 3.21 Å². The van der Waals surface area contributed by atoms with E-state index < -0.39 is 0 Å². The Morgan fingerprint density at radius 1 is 0.921 bits per heavy atom. The van der Waals surface area contributed by atoms with Crippen LogP contribution in [0.2, 0.25) is 0 Å². The molecule has 0 fully saturated rings. The van der Waals surface area contributed by atoms with Crippen LogP contribution in [0.5, 0.6) is 0 Å². The van der Waals surface area contributed by atoms with Gasteiger partial charge in [-0.05, 0) is 55.2 Å². The summed E-state index contributed by atoms with van der Waals surface area (Å²) in [6.45, 7) is 15.9. The van der Waals surface area contributed by atoms with Crippen molar-refractivity contribution in [1.29, 1.82) is 0 Å². The average molecular weight is 631 g/mol. The maximum absolute atomic E-state index is 3.70. The number of unbranched alkanes of at least 4 members (excludes halogenated alkanes) is 2. The second-order valence-electron chi connectivity index (χ2n) is 10.9. The first kappa shape index (κ1) is 37.3. The van der Waals surface area contributed by atoms with E-state index in [4.69, 9.17) is 0 Å². The largest absolute Gasteiger partial charge is 1.00 e. The molecule has 0 saturated heterocycles. The van der Waals surface area contributed by atoms with Gasteiger partial charge in [0.2, 0.25) is 0 Å². The second-order valence-corrected chi connectivity index (χ2v) is 12.6. The Kier molecular flexibility index (Phi) is 19.8. The molecule has 38 heavy (non-hydrogen) atoms. The summed E-state index contributed by atoms with van der Waals surface area (Å²) in [7, 11) is 0. The minimum Gasteiger partial charge on any atom is -1.00 e. The van der Waals surface area contributed by atoms with Crippen LogP contribution in [0.3, 0.4) is 0 Å². The molecule has 2 aliphatic rings. The second kappa shape index (κ2) is 20.2. The summed E-state index contributed by atoms with van der Waals surface area (Å²) < 4.78 is 1.79. The average Bonchev–Trinajstić information content (AvgIpc) is 3.54. The quantitative estimate of drug-likeness (QED) is 0.315. The normalized spacial score (nSPS) is 12.8. The number of aryl methyl sites for hydroxylation is 2. The van der Waals surface area contributed by atoms with Gasteiger partial charge in [-0.3, -0.25) is 6.08 Å². The summed E-state index contributed by atoms with van der Waals surface area (Å²) >= 11 is 1.67. The molecule has 2 aromatic carbocycles. The van der Waals surface area contributed by atoms with E-state index in [1.54, 1.807) is 27.4 Å². The molecule has 0 bridgehead atoms. The third-order valence-electron chi connectivity index (χ3n) is 7.39. The first-order valence-corrected chi connectivity index (χ1v) is 15.4. The minimum absolute atomic E-state index is 0. The summed E-state index contributed by atoms with van der Waals surface area (Å²) in [6, 6.07) is 13.0. The smallest absolute Gasteiger partial charge is 0.0253 e. The van der Waals surface area contributed by atoms with Gasteiger partial charge in [0, 0.05) is 0 Å². The fraction of sp³-hybridized carbons (Fsp3) is 0.514. The van der Waals surface area contributed by atoms with E-state index in [1.807, 2.05) is 12.2 Å². The van der Waals surface area contributed by atoms with Crippen molar-refractivity contribution in [1.82, 2.24) is 0 Å². The number of fused-ring (bicyclic) bond motifs is 3. The predicted octanol–water partition coefficient (Wildman–Crippen LogP) is 3.91. The molecule has 3 heteroatoms. The zero-order valence-corrected chi connectivity index (χ0v) is 28.8. The first-order valence-electron chi connectivity index (χ1n) is 14.2. The fourth-order valence-electron chi connectivity index (χ4n) is 4.39. The topological polar surface area (TPSA) is 0 Å². The number of benzene rings is 2. The van der Waals surface area contributed by atoms with E-state index in [1.165, 1.54) is 77.5 Å². The van der Waals surface area contributed by atoms with E-state index in [0.717, 1.165) is 25.2 Å². The molecule has 0 saturated carbocycles. The Labute approximate surface area is 262 Å². The first-order chi connectivity index (χ1) is 17.3. The zero-order chi connectivity index (χ0) is 26.5. The van der Waals surface area contributed by atoms with Gasteiger partial charge >= 0.3 is 79.8 Å². The third-order valence-corrected chi connectivity index (χ3v) is 8.62. The van der Waals surface area contributed by atoms with Gasteiger partial charge in [-0.1, -0.05) is 38.5 Å². The molecule has 0 nitrogen and oxygen atoms in total. The van der Waals surface area contributed by atoms with Crippen molar-refractivity contribution in [3.63, 3.8) is 0 Å². The van der Waals surface area contributed by atoms with Crippen molar-refractivity contribution in [2.75, 3.05) is 0 Å². The van der Waals surface area contributed by atoms with Crippen LogP contribution in [0.1, 0.15) is 107 Å². The van der Waals surface area contributed by atoms with Crippen molar-refractivity contribution in [3.8, 4) is 11.1 Å². The van der Waals surface area contributed by atoms with E-state index in [9.17, 15) is 0 Å². The van der Waals surface area contributed by atoms with Gasteiger partial charge in [0.1, 0.15) is 0 Å². The van der Waals surface area contributed by atoms with Gasteiger partial charge < -0.3 is 24.8 Å². The molecule has 0 spiro atoms. The van der Waals surface area contributed by atoms with Crippen molar-refractivity contribution in [3.05, 3.63) is 82.5 Å². The van der Waals surface area contributed by atoms with Gasteiger partial charge in [0.15, 0.2) is 0 Å². The third kappa shape index (κ3) is 12.6. The molecule has 208 valence electrons. The number of hydrogen-bond acceptors (Lipinski definition) is 0.